The first-order valence-electron chi connectivity index (χ1n) is 9.82. The zero-order chi connectivity index (χ0) is 19.7. The number of rotatable bonds is 1. The SMILES string of the molecule is Cc1ccc2nc(C)c(C(=O)N3CCN(C(=O)N4CCOCC4)CC3)cc2c1. The van der Waals surface area contributed by atoms with Gasteiger partial charge in [-0.25, -0.2) is 4.79 Å². The van der Waals surface area contributed by atoms with E-state index in [0.717, 1.165) is 22.2 Å². The Bertz CT molecular complexity index is 900. The van der Waals surface area contributed by atoms with Crippen LogP contribution in [0.1, 0.15) is 21.6 Å². The molecule has 2 fully saturated rings. The van der Waals surface area contributed by atoms with Crippen LogP contribution < -0.4 is 0 Å². The van der Waals surface area contributed by atoms with Crippen LogP contribution in [0.15, 0.2) is 24.3 Å². The van der Waals surface area contributed by atoms with E-state index in [4.69, 9.17) is 4.74 Å². The number of hydrogen-bond acceptors (Lipinski definition) is 4. The lowest BCUT2D eigenvalue weighted by Crippen LogP contribution is -2.55. The van der Waals surface area contributed by atoms with Gasteiger partial charge < -0.3 is 19.4 Å². The molecule has 2 aromatic rings. The van der Waals surface area contributed by atoms with E-state index in [9.17, 15) is 9.59 Å². The average molecular weight is 382 g/mol. The van der Waals surface area contributed by atoms with Crippen LogP contribution >= 0.6 is 0 Å². The maximum Gasteiger partial charge on any atom is 0.320 e. The molecule has 0 saturated carbocycles. The molecule has 0 spiro atoms. The first-order valence-corrected chi connectivity index (χ1v) is 9.82. The van der Waals surface area contributed by atoms with Gasteiger partial charge in [0.05, 0.1) is 30.0 Å². The van der Waals surface area contributed by atoms with Crippen molar-refractivity contribution >= 4 is 22.8 Å². The molecular weight excluding hydrogens is 356 g/mol. The number of carbonyl (C=O) groups is 2. The number of amides is 3. The minimum atomic E-state index is -0.00752. The van der Waals surface area contributed by atoms with Crippen molar-refractivity contribution in [3.05, 3.63) is 41.1 Å². The molecule has 3 heterocycles. The van der Waals surface area contributed by atoms with Gasteiger partial charge in [-0.05, 0) is 32.0 Å². The number of nitrogens with zero attached hydrogens (tertiary/aromatic N) is 4. The highest BCUT2D eigenvalue weighted by atomic mass is 16.5. The van der Waals surface area contributed by atoms with E-state index in [1.807, 2.05) is 46.7 Å². The first-order chi connectivity index (χ1) is 13.5. The quantitative estimate of drug-likeness (QED) is 0.757. The highest BCUT2D eigenvalue weighted by Crippen LogP contribution is 2.20. The minimum Gasteiger partial charge on any atom is -0.378 e. The van der Waals surface area contributed by atoms with Crippen LogP contribution in [-0.2, 0) is 4.74 Å². The van der Waals surface area contributed by atoms with Gasteiger partial charge in [-0.1, -0.05) is 11.6 Å². The van der Waals surface area contributed by atoms with Crippen molar-refractivity contribution in [3.8, 4) is 0 Å². The number of pyridine rings is 1. The highest BCUT2D eigenvalue weighted by Gasteiger charge is 2.29. The fourth-order valence-corrected chi connectivity index (χ4v) is 3.83. The summed E-state index contributed by atoms with van der Waals surface area (Å²) in [6.45, 7) is 8.58. The van der Waals surface area contributed by atoms with E-state index in [2.05, 4.69) is 11.1 Å². The summed E-state index contributed by atoms with van der Waals surface area (Å²) in [5.41, 5.74) is 3.44. The number of urea groups is 1. The molecule has 4 rings (SSSR count). The molecule has 28 heavy (non-hydrogen) atoms. The third-order valence-corrected chi connectivity index (χ3v) is 5.51. The third-order valence-electron chi connectivity index (χ3n) is 5.51. The van der Waals surface area contributed by atoms with Gasteiger partial charge in [0.15, 0.2) is 0 Å². The predicted octanol–water partition coefficient (Wildman–Crippen LogP) is 2.06. The fourth-order valence-electron chi connectivity index (χ4n) is 3.83. The molecule has 2 saturated heterocycles. The van der Waals surface area contributed by atoms with Gasteiger partial charge in [0.2, 0.25) is 0 Å². The van der Waals surface area contributed by atoms with Crippen LogP contribution in [0.4, 0.5) is 4.79 Å². The summed E-state index contributed by atoms with van der Waals surface area (Å²) < 4.78 is 5.31. The smallest absolute Gasteiger partial charge is 0.320 e. The molecule has 2 aliphatic rings. The van der Waals surface area contributed by atoms with Crippen LogP contribution in [-0.4, -0.2) is 84.1 Å². The number of benzene rings is 1. The number of ether oxygens (including phenoxy) is 1. The summed E-state index contributed by atoms with van der Waals surface area (Å²) in [5.74, 6) is -0.00752. The summed E-state index contributed by atoms with van der Waals surface area (Å²) in [5, 5.41) is 0.982. The van der Waals surface area contributed by atoms with Crippen molar-refractivity contribution in [2.75, 3.05) is 52.5 Å². The maximum absolute atomic E-state index is 13.1. The van der Waals surface area contributed by atoms with Crippen molar-refractivity contribution in [3.63, 3.8) is 0 Å². The number of fused-ring (bicyclic) bond motifs is 1. The Morgan fingerprint density at radius 3 is 2.25 bits per heavy atom. The molecule has 1 aromatic carbocycles. The standard InChI is InChI=1S/C21H26N4O3/c1-15-3-4-19-17(13-15)14-18(16(2)22-19)20(26)23-5-7-24(8-6-23)21(27)25-9-11-28-12-10-25/h3-4,13-14H,5-12H2,1-2H3. The van der Waals surface area contributed by atoms with Crippen molar-refractivity contribution in [2.45, 2.75) is 13.8 Å². The van der Waals surface area contributed by atoms with E-state index in [1.54, 1.807) is 0 Å². The molecule has 2 aliphatic heterocycles. The Morgan fingerprint density at radius 2 is 1.54 bits per heavy atom. The summed E-state index contributed by atoms with van der Waals surface area (Å²) in [4.78, 5) is 35.8. The van der Waals surface area contributed by atoms with Gasteiger partial charge in [0, 0.05) is 44.7 Å². The number of aromatic nitrogens is 1. The van der Waals surface area contributed by atoms with Crippen LogP contribution in [0, 0.1) is 13.8 Å². The molecule has 1 aromatic heterocycles. The lowest BCUT2D eigenvalue weighted by atomic mass is 10.1. The minimum absolute atomic E-state index is 0.00752. The van der Waals surface area contributed by atoms with Crippen molar-refractivity contribution < 1.29 is 14.3 Å². The molecule has 148 valence electrons. The molecule has 0 bridgehead atoms. The van der Waals surface area contributed by atoms with E-state index in [-0.39, 0.29) is 11.9 Å². The van der Waals surface area contributed by atoms with E-state index in [0.29, 0.717) is 58.0 Å². The topological polar surface area (TPSA) is 66.0 Å². The number of piperazine rings is 1. The first kappa shape index (κ1) is 18.7. The van der Waals surface area contributed by atoms with Crippen molar-refractivity contribution in [2.24, 2.45) is 0 Å². The lowest BCUT2D eigenvalue weighted by Gasteiger charge is -2.38. The van der Waals surface area contributed by atoms with Gasteiger partial charge in [-0.2, -0.15) is 0 Å². The Morgan fingerprint density at radius 1 is 0.893 bits per heavy atom. The van der Waals surface area contributed by atoms with Crippen LogP contribution in [0.3, 0.4) is 0 Å². The van der Waals surface area contributed by atoms with Crippen LogP contribution in [0.25, 0.3) is 10.9 Å². The Labute approximate surface area is 164 Å². The van der Waals surface area contributed by atoms with Gasteiger partial charge in [0.25, 0.3) is 5.91 Å². The molecule has 0 N–H and O–H groups in total. The molecule has 0 radical (unpaired) electrons. The highest BCUT2D eigenvalue weighted by molar-refractivity contribution is 5.98. The zero-order valence-electron chi connectivity index (χ0n) is 16.5. The Balaban J connectivity index is 1.44. The normalized spacial score (nSPS) is 17.9. The van der Waals surface area contributed by atoms with E-state index < -0.39 is 0 Å². The summed E-state index contributed by atoms with van der Waals surface area (Å²) >= 11 is 0. The number of morpholine rings is 1. The average Bonchev–Trinajstić information content (AvgIpc) is 2.73. The molecular formula is C21H26N4O3. The maximum atomic E-state index is 13.1. The zero-order valence-corrected chi connectivity index (χ0v) is 16.5. The molecule has 3 amide bonds. The Kier molecular flexibility index (Phi) is 5.17. The van der Waals surface area contributed by atoms with Gasteiger partial charge in [-0.3, -0.25) is 9.78 Å². The van der Waals surface area contributed by atoms with E-state index >= 15 is 0 Å². The van der Waals surface area contributed by atoms with Gasteiger partial charge in [-0.15, -0.1) is 0 Å². The number of hydrogen-bond donors (Lipinski definition) is 0. The van der Waals surface area contributed by atoms with E-state index in [1.165, 1.54) is 0 Å². The predicted molar refractivity (Wildman–Crippen MR) is 106 cm³/mol. The fraction of sp³-hybridized carbons (Fsp3) is 0.476. The summed E-state index contributed by atoms with van der Waals surface area (Å²) in [6.07, 6.45) is 0. The summed E-state index contributed by atoms with van der Waals surface area (Å²) in [6, 6.07) is 8.06. The number of aryl methyl sites for hydroxylation is 2. The molecule has 7 nitrogen and oxygen atoms in total. The second kappa shape index (κ2) is 7.75. The second-order valence-electron chi connectivity index (χ2n) is 7.48. The largest absolute Gasteiger partial charge is 0.378 e. The van der Waals surface area contributed by atoms with Gasteiger partial charge >= 0.3 is 6.03 Å². The molecule has 0 unspecified atom stereocenters. The molecule has 0 aliphatic carbocycles. The monoisotopic (exact) mass is 382 g/mol. The molecule has 0 atom stereocenters. The van der Waals surface area contributed by atoms with Crippen LogP contribution in [0.2, 0.25) is 0 Å². The van der Waals surface area contributed by atoms with Crippen LogP contribution in [0.5, 0.6) is 0 Å². The second-order valence-corrected chi connectivity index (χ2v) is 7.48. The summed E-state index contributed by atoms with van der Waals surface area (Å²) in [7, 11) is 0. The van der Waals surface area contributed by atoms with Crippen molar-refractivity contribution in [1.82, 2.24) is 19.7 Å². The third kappa shape index (κ3) is 3.67. The number of carbonyl (C=O) groups excluding carboxylic acids is 2. The Hall–Kier alpha value is -2.67. The lowest BCUT2D eigenvalue weighted by molar-refractivity contribution is 0.0362. The van der Waals surface area contributed by atoms with Crippen molar-refractivity contribution in [1.29, 1.82) is 0 Å². The van der Waals surface area contributed by atoms with Gasteiger partial charge in [0.1, 0.15) is 0 Å². The molecule has 7 heteroatoms.